The predicted octanol–water partition coefficient (Wildman–Crippen LogP) is 2.72. The summed E-state index contributed by atoms with van der Waals surface area (Å²) in [4.78, 5) is 22.5. The van der Waals surface area contributed by atoms with Gasteiger partial charge in [-0.2, -0.15) is 0 Å². The van der Waals surface area contributed by atoms with Gasteiger partial charge in [0.25, 0.3) is 0 Å². The van der Waals surface area contributed by atoms with Crippen molar-refractivity contribution in [1.29, 1.82) is 0 Å². The SMILES string of the molecule is CC(C)C(NC(=O)N/C=C/c1cccc(Cl)c1)C(=O)O. The lowest BCUT2D eigenvalue weighted by atomic mass is 10.1. The molecule has 1 atom stereocenters. The monoisotopic (exact) mass is 296 g/mol. The Balaban J connectivity index is 2.53. The molecular formula is C14H17ClN2O3. The summed E-state index contributed by atoms with van der Waals surface area (Å²) in [7, 11) is 0. The van der Waals surface area contributed by atoms with Gasteiger partial charge in [0.1, 0.15) is 6.04 Å². The van der Waals surface area contributed by atoms with Crippen LogP contribution in [-0.2, 0) is 4.79 Å². The second-order valence-electron chi connectivity index (χ2n) is 4.57. The fraction of sp³-hybridized carbons (Fsp3) is 0.286. The van der Waals surface area contributed by atoms with Crippen molar-refractivity contribution >= 4 is 29.7 Å². The molecule has 1 aromatic rings. The van der Waals surface area contributed by atoms with Gasteiger partial charge in [0.15, 0.2) is 0 Å². The fourth-order valence-electron chi connectivity index (χ4n) is 1.52. The van der Waals surface area contributed by atoms with Crippen LogP contribution >= 0.6 is 11.6 Å². The number of benzene rings is 1. The number of hydrogen-bond donors (Lipinski definition) is 3. The molecule has 0 heterocycles. The zero-order chi connectivity index (χ0) is 15.1. The minimum atomic E-state index is -1.06. The largest absolute Gasteiger partial charge is 0.480 e. The van der Waals surface area contributed by atoms with Gasteiger partial charge in [0, 0.05) is 11.2 Å². The molecular weight excluding hydrogens is 280 g/mol. The maximum absolute atomic E-state index is 11.6. The smallest absolute Gasteiger partial charge is 0.326 e. The molecule has 1 unspecified atom stereocenters. The van der Waals surface area contributed by atoms with Gasteiger partial charge >= 0.3 is 12.0 Å². The number of carboxylic acid groups (broad SMARTS) is 1. The van der Waals surface area contributed by atoms with E-state index < -0.39 is 18.0 Å². The number of halogens is 1. The molecule has 0 bridgehead atoms. The number of amides is 2. The van der Waals surface area contributed by atoms with E-state index in [2.05, 4.69) is 10.6 Å². The molecule has 1 aromatic carbocycles. The van der Waals surface area contributed by atoms with Gasteiger partial charge in [-0.05, 0) is 29.7 Å². The van der Waals surface area contributed by atoms with E-state index in [4.69, 9.17) is 16.7 Å². The van der Waals surface area contributed by atoms with E-state index in [1.54, 1.807) is 38.1 Å². The van der Waals surface area contributed by atoms with Gasteiger partial charge in [-0.15, -0.1) is 0 Å². The lowest BCUT2D eigenvalue weighted by molar-refractivity contribution is -0.140. The molecule has 2 amide bonds. The minimum absolute atomic E-state index is 0.199. The van der Waals surface area contributed by atoms with E-state index in [1.807, 2.05) is 6.07 Å². The normalized spacial score (nSPS) is 12.4. The summed E-state index contributed by atoms with van der Waals surface area (Å²) in [6, 6.07) is 5.63. The van der Waals surface area contributed by atoms with Gasteiger partial charge in [-0.3, -0.25) is 0 Å². The third-order valence-electron chi connectivity index (χ3n) is 2.56. The van der Waals surface area contributed by atoms with Crippen LogP contribution in [0.4, 0.5) is 4.79 Å². The molecule has 5 nitrogen and oxygen atoms in total. The topological polar surface area (TPSA) is 78.4 Å². The van der Waals surface area contributed by atoms with Crippen LogP contribution < -0.4 is 10.6 Å². The molecule has 0 radical (unpaired) electrons. The standard InChI is InChI=1S/C14H17ClN2O3/c1-9(2)12(13(18)19)17-14(20)16-7-6-10-4-3-5-11(15)8-10/h3-9,12H,1-2H3,(H,18,19)(H2,16,17,20)/b7-6+. The number of carboxylic acids is 1. The Hall–Kier alpha value is -2.01. The average Bonchev–Trinajstić information content (AvgIpc) is 2.35. The molecule has 0 aromatic heterocycles. The van der Waals surface area contributed by atoms with Crippen molar-refractivity contribution in [3.05, 3.63) is 41.1 Å². The van der Waals surface area contributed by atoms with E-state index in [1.165, 1.54) is 6.20 Å². The first kappa shape index (κ1) is 16.0. The molecule has 1 rings (SSSR count). The Kier molecular flexibility index (Phi) is 6.06. The number of aliphatic carboxylic acids is 1. The third kappa shape index (κ3) is 5.32. The molecule has 0 saturated carbocycles. The fourth-order valence-corrected chi connectivity index (χ4v) is 1.72. The molecule has 0 spiro atoms. The van der Waals surface area contributed by atoms with Crippen LogP contribution in [-0.4, -0.2) is 23.1 Å². The lowest BCUT2D eigenvalue weighted by Gasteiger charge is -2.17. The van der Waals surface area contributed by atoms with Crippen LogP contribution in [0.1, 0.15) is 19.4 Å². The summed E-state index contributed by atoms with van der Waals surface area (Å²) < 4.78 is 0. The third-order valence-corrected chi connectivity index (χ3v) is 2.79. The van der Waals surface area contributed by atoms with Gasteiger partial charge in [0.2, 0.25) is 0 Å². The summed E-state index contributed by atoms with van der Waals surface area (Å²) >= 11 is 5.83. The van der Waals surface area contributed by atoms with Crippen LogP contribution in [0, 0.1) is 5.92 Å². The zero-order valence-electron chi connectivity index (χ0n) is 11.3. The first-order valence-electron chi connectivity index (χ1n) is 6.12. The second-order valence-corrected chi connectivity index (χ2v) is 5.00. The quantitative estimate of drug-likeness (QED) is 0.782. The number of carbonyl (C=O) groups is 2. The maximum atomic E-state index is 11.6. The molecule has 6 heteroatoms. The molecule has 0 aliphatic carbocycles. The van der Waals surface area contributed by atoms with E-state index in [9.17, 15) is 9.59 Å². The Morgan fingerprint density at radius 3 is 2.60 bits per heavy atom. The number of carbonyl (C=O) groups excluding carboxylic acids is 1. The van der Waals surface area contributed by atoms with Gasteiger partial charge in [0.05, 0.1) is 0 Å². The van der Waals surface area contributed by atoms with Crippen LogP contribution in [0.15, 0.2) is 30.5 Å². The van der Waals surface area contributed by atoms with Gasteiger partial charge in [-0.1, -0.05) is 37.6 Å². The van der Waals surface area contributed by atoms with Crippen LogP contribution in [0.2, 0.25) is 5.02 Å². The summed E-state index contributed by atoms with van der Waals surface area (Å²) in [5.41, 5.74) is 0.830. The highest BCUT2D eigenvalue weighted by Gasteiger charge is 2.22. The molecule has 3 N–H and O–H groups in total. The Labute approximate surface area is 122 Å². The van der Waals surface area contributed by atoms with Crippen molar-refractivity contribution in [2.24, 2.45) is 5.92 Å². The lowest BCUT2D eigenvalue weighted by Crippen LogP contribution is -2.47. The van der Waals surface area contributed by atoms with Crippen molar-refractivity contribution in [1.82, 2.24) is 10.6 Å². The maximum Gasteiger partial charge on any atom is 0.326 e. The number of rotatable bonds is 5. The van der Waals surface area contributed by atoms with Crippen LogP contribution in [0.5, 0.6) is 0 Å². The van der Waals surface area contributed by atoms with Crippen LogP contribution in [0.25, 0.3) is 6.08 Å². The summed E-state index contributed by atoms with van der Waals surface area (Å²) in [5.74, 6) is -1.26. The molecule has 0 aliphatic rings. The van der Waals surface area contributed by atoms with Crippen molar-refractivity contribution in [2.75, 3.05) is 0 Å². The Bertz CT molecular complexity index is 515. The van der Waals surface area contributed by atoms with E-state index >= 15 is 0 Å². The highest BCUT2D eigenvalue weighted by Crippen LogP contribution is 2.11. The van der Waals surface area contributed by atoms with Crippen LogP contribution in [0.3, 0.4) is 0 Å². The summed E-state index contributed by atoms with van der Waals surface area (Å²) in [5, 5.41) is 14.4. The molecule has 0 fully saturated rings. The summed E-state index contributed by atoms with van der Waals surface area (Å²) in [6.07, 6.45) is 3.09. The van der Waals surface area contributed by atoms with Gasteiger partial charge in [-0.25, -0.2) is 9.59 Å². The average molecular weight is 297 g/mol. The number of nitrogens with one attached hydrogen (secondary N) is 2. The zero-order valence-corrected chi connectivity index (χ0v) is 12.0. The highest BCUT2D eigenvalue weighted by atomic mass is 35.5. The van der Waals surface area contributed by atoms with Crippen molar-refractivity contribution < 1.29 is 14.7 Å². The molecule has 0 saturated heterocycles. The Morgan fingerprint density at radius 1 is 1.35 bits per heavy atom. The molecule has 0 aliphatic heterocycles. The first-order chi connectivity index (χ1) is 9.40. The Morgan fingerprint density at radius 2 is 2.05 bits per heavy atom. The number of urea groups is 1. The van der Waals surface area contributed by atoms with E-state index in [0.717, 1.165) is 5.56 Å². The number of hydrogen-bond acceptors (Lipinski definition) is 2. The van der Waals surface area contributed by atoms with Crippen molar-refractivity contribution in [3.63, 3.8) is 0 Å². The van der Waals surface area contributed by atoms with Crippen molar-refractivity contribution in [3.8, 4) is 0 Å². The van der Waals surface area contributed by atoms with E-state index in [0.29, 0.717) is 5.02 Å². The minimum Gasteiger partial charge on any atom is -0.480 e. The second kappa shape index (κ2) is 7.55. The van der Waals surface area contributed by atoms with E-state index in [-0.39, 0.29) is 5.92 Å². The highest BCUT2D eigenvalue weighted by molar-refractivity contribution is 6.30. The summed E-state index contributed by atoms with van der Waals surface area (Å²) in [6.45, 7) is 3.45. The molecule has 20 heavy (non-hydrogen) atoms. The first-order valence-corrected chi connectivity index (χ1v) is 6.50. The predicted molar refractivity (Wildman–Crippen MR) is 78.4 cm³/mol. The molecule has 108 valence electrons. The van der Waals surface area contributed by atoms with Gasteiger partial charge < -0.3 is 15.7 Å². The van der Waals surface area contributed by atoms with Crippen molar-refractivity contribution in [2.45, 2.75) is 19.9 Å².